The number of carbonyl (C=O) groups excluding carboxylic acids is 2. The number of amides is 2. The number of benzene rings is 1. The van der Waals surface area contributed by atoms with Crippen LogP contribution in [-0.4, -0.2) is 46.5 Å². The topological polar surface area (TPSA) is 40.6 Å². The summed E-state index contributed by atoms with van der Waals surface area (Å²) in [6.07, 6.45) is 2.42. The average molecular weight is 336 g/mol. The van der Waals surface area contributed by atoms with Gasteiger partial charge in [0.15, 0.2) is 0 Å². The Hall–Kier alpha value is -1.56. The van der Waals surface area contributed by atoms with Gasteiger partial charge in [-0.05, 0) is 25.8 Å². The van der Waals surface area contributed by atoms with E-state index < -0.39 is 0 Å². The van der Waals surface area contributed by atoms with Gasteiger partial charge in [0, 0.05) is 31.6 Å². The largest absolute Gasteiger partial charge is 0.343 e. The predicted molar refractivity (Wildman–Crippen MR) is 88.3 cm³/mol. The predicted octanol–water partition coefficient (Wildman–Crippen LogP) is 2.80. The van der Waals surface area contributed by atoms with Crippen LogP contribution in [0.5, 0.6) is 0 Å². The van der Waals surface area contributed by atoms with Crippen LogP contribution in [0.25, 0.3) is 0 Å². The fraction of sp³-hybridized carbons (Fsp3) is 0.529. The number of carbonyl (C=O) groups is 2. The first-order valence-corrected chi connectivity index (χ1v) is 9.00. The summed E-state index contributed by atoms with van der Waals surface area (Å²) in [6, 6.07) is 6.55. The molecule has 0 aliphatic carbocycles. The summed E-state index contributed by atoms with van der Waals surface area (Å²) < 4.78 is 14.1. The van der Waals surface area contributed by atoms with Gasteiger partial charge < -0.3 is 9.80 Å². The zero-order chi connectivity index (χ0) is 16.4. The van der Waals surface area contributed by atoms with Gasteiger partial charge in [0.25, 0.3) is 0 Å². The van der Waals surface area contributed by atoms with Crippen molar-refractivity contribution < 1.29 is 14.0 Å². The molecule has 2 heterocycles. The van der Waals surface area contributed by atoms with Crippen molar-refractivity contribution in [1.29, 1.82) is 0 Å². The first kappa shape index (κ1) is 16.3. The molecule has 0 bridgehead atoms. The molecule has 2 amide bonds. The van der Waals surface area contributed by atoms with Crippen LogP contribution in [0.3, 0.4) is 0 Å². The molecule has 6 heteroatoms. The summed E-state index contributed by atoms with van der Waals surface area (Å²) in [6.45, 7) is 3.82. The fourth-order valence-corrected chi connectivity index (χ4v) is 4.49. The quantitative estimate of drug-likeness (QED) is 0.849. The van der Waals surface area contributed by atoms with Crippen LogP contribution in [0.4, 0.5) is 4.39 Å². The molecule has 23 heavy (non-hydrogen) atoms. The highest BCUT2D eigenvalue weighted by molar-refractivity contribution is 8.01. The van der Waals surface area contributed by atoms with E-state index in [1.165, 1.54) is 17.8 Å². The summed E-state index contributed by atoms with van der Waals surface area (Å²) in [5, 5.41) is -0.549. The highest BCUT2D eigenvalue weighted by Crippen LogP contribution is 2.43. The SMILES string of the molecule is C[C@@H]1S[C@@H](c2ccccc2F)N(CCC(=O)N2CCCC2)C1=O. The second kappa shape index (κ2) is 6.91. The molecule has 2 aliphatic rings. The molecule has 2 aliphatic heterocycles. The molecule has 124 valence electrons. The Balaban J connectivity index is 1.71. The molecule has 0 N–H and O–H groups in total. The fourth-order valence-electron chi connectivity index (χ4n) is 3.16. The normalized spacial score (nSPS) is 24.5. The van der Waals surface area contributed by atoms with Gasteiger partial charge in [0.1, 0.15) is 11.2 Å². The van der Waals surface area contributed by atoms with Crippen molar-refractivity contribution in [3.8, 4) is 0 Å². The Morgan fingerprint density at radius 1 is 1.30 bits per heavy atom. The number of halogens is 1. The van der Waals surface area contributed by atoms with Gasteiger partial charge in [-0.1, -0.05) is 18.2 Å². The van der Waals surface area contributed by atoms with Gasteiger partial charge in [0.05, 0.1) is 5.25 Å². The minimum Gasteiger partial charge on any atom is -0.343 e. The van der Waals surface area contributed by atoms with Crippen molar-refractivity contribution >= 4 is 23.6 Å². The van der Waals surface area contributed by atoms with Crippen molar-refractivity contribution in [2.75, 3.05) is 19.6 Å². The van der Waals surface area contributed by atoms with E-state index in [0.29, 0.717) is 18.5 Å². The Bertz CT molecular complexity index is 604. The third kappa shape index (κ3) is 3.37. The molecule has 4 nitrogen and oxygen atoms in total. The van der Waals surface area contributed by atoms with Crippen LogP contribution in [0.15, 0.2) is 24.3 Å². The van der Waals surface area contributed by atoms with Gasteiger partial charge in [-0.15, -0.1) is 11.8 Å². The number of thioether (sulfide) groups is 1. The Labute approximate surface area is 140 Å². The standard InChI is InChI=1S/C17H21FN2O2S/c1-12-16(22)20(11-8-15(21)19-9-4-5-10-19)17(23-12)13-6-2-3-7-14(13)18/h2-3,6-7,12,17H,4-5,8-11H2,1H3/t12-,17-/m0/s1. The maximum atomic E-state index is 14.1. The van der Waals surface area contributed by atoms with E-state index in [-0.39, 0.29) is 28.3 Å². The Morgan fingerprint density at radius 3 is 2.70 bits per heavy atom. The molecule has 2 saturated heterocycles. The molecule has 1 aromatic carbocycles. The van der Waals surface area contributed by atoms with Gasteiger partial charge in [-0.2, -0.15) is 0 Å². The highest BCUT2D eigenvalue weighted by Gasteiger charge is 2.39. The molecule has 3 rings (SSSR count). The van der Waals surface area contributed by atoms with Crippen LogP contribution in [0.2, 0.25) is 0 Å². The summed E-state index contributed by atoms with van der Waals surface area (Å²) in [5.74, 6) is -0.229. The highest BCUT2D eigenvalue weighted by atomic mass is 32.2. The lowest BCUT2D eigenvalue weighted by Crippen LogP contribution is -2.36. The first-order chi connectivity index (χ1) is 11.1. The molecular formula is C17H21FN2O2S. The summed E-state index contributed by atoms with van der Waals surface area (Å²) in [4.78, 5) is 28.1. The minimum atomic E-state index is -0.343. The number of nitrogens with zero attached hydrogens (tertiary/aromatic N) is 2. The van der Waals surface area contributed by atoms with Crippen molar-refractivity contribution in [1.82, 2.24) is 9.80 Å². The first-order valence-electron chi connectivity index (χ1n) is 8.06. The van der Waals surface area contributed by atoms with E-state index in [9.17, 15) is 14.0 Å². The molecule has 0 saturated carbocycles. The second-order valence-corrected chi connectivity index (χ2v) is 7.45. The van der Waals surface area contributed by atoms with E-state index in [0.717, 1.165) is 25.9 Å². The summed E-state index contributed by atoms with van der Waals surface area (Å²) in [5.41, 5.74) is 0.517. The molecular weight excluding hydrogens is 315 g/mol. The molecule has 0 spiro atoms. The van der Waals surface area contributed by atoms with Crippen molar-refractivity contribution in [2.24, 2.45) is 0 Å². The molecule has 0 unspecified atom stereocenters. The van der Waals surface area contributed by atoms with Crippen LogP contribution in [-0.2, 0) is 9.59 Å². The van der Waals surface area contributed by atoms with E-state index >= 15 is 0 Å². The minimum absolute atomic E-state index is 0.0162. The van der Waals surface area contributed by atoms with Crippen LogP contribution in [0.1, 0.15) is 37.1 Å². The lowest BCUT2D eigenvalue weighted by atomic mass is 10.2. The zero-order valence-electron chi connectivity index (χ0n) is 13.2. The smallest absolute Gasteiger partial charge is 0.236 e. The Morgan fingerprint density at radius 2 is 2.00 bits per heavy atom. The molecule has 2 fully saturated rings. The van der Waals surface area contributed by atoms with Gasteiger partial charge in [-0.3, -0.25) is 9.59 Å². The third-order valence-electron chi connectivity index (χ3n) is 4.44. The molecule has 2 atom stereocenters. The summed E-state index contributed by atoms with van der Waals surface area (Å²) >= 11 is 1.44. The lowest BCUT2D eigenvalue weighted by molar-refractivity contribution is -0.133. The number of rotatable bonds is 4. The van der Waals surface area contributed by atoms with Crippen LogP contribution in [0, 0.1) is 5.82 Å². The van der Waals surface area contributed by atoms with E-state index in [4.69, 9.17) is 0 Å². The zero-order valence-corrected chi connectivity index (χ0v) is 14.0. The summed E-state index contributed by atoms with van der Waals surface area (Å²) in [7, 11) is 0. The van der Waals surface area contributed by atoms with Crippen LogP contribution < -0.4 is 0 Å². The Kier molecular flexibility index (Phi) is 4.90. The second-order valence-electron chi connectivity index (χ2n) is 6.02. The van der Waals surface area contributed by atoms with Crippen LogP contribution >= 0.6 is 11.8 Å². The van der Waals surface area contributed by atoms with Gasteiger partial charge in [-0.25, -0.2) is 4.39 Å². The third-order valence-corrected chi connectivity index (χ3v) is 5.82. The van der Waals surface area contributed by atoms with E-state index in [1.54, 1.807) is 23.1 Å². The van der Waals surface area contributed by atoms with E-state index in [1.807, 2.05) is 11.8 Å². The van der Waals surface area contributed by atoms with Gasteiger partial charge >= 0.3 is 0 Å². The molecule has 0 aromatic heterocycles. The van der Waals surface area contributed by atoms with Crippen molar-refractivity contribution in [3.05, 3.63) is 35.6 Å². The van der Waals surface area contributed by atoms with Crippen molar-refractivity contribution in [2.45, 2.75) is 36.8 Å². The van der Waals surface area contributed by atoms with Crippen molar-refractivity contribution in [3.63, 3.8) is 0 Å². The van der Waals surface area contributed by atoms with Gasteiger partial charge in [0.2, 0.25) is 11.8 Å². The maximum absolute atomic E-state index is 14.1. The average Bonchev–Trinajstić information content (AvgIpc) is 3.16. The number of likely N-dealkylation sites (tertiary alicyclic amines) is 1. The maximum Gasteiger partial charge on any atom is 0.236 e. The lowest BCUT2D eigenvalue weighted by Gasteiger charge is -2.25. The number of hydrogen-bond donors (Lipinski definition) is 0. The van der Waals surface area contributed by atoms with E-state index in [2.05, 4.69) is 0 Å². The number of hydrogen-bond acceptors (Lipinski definition) is 3. The molecule has 0 radical (unpaired) electrons. The molecule has 1 aromatic rings. The monoisotopic (exact) mass is 336 g/mol.